The Kier molecular flexibility index (Phi) is 5.58. The molecular weight excluding hydrogens is 276 g/mol. The Morgan fingerprint density at radius 1 is 1.23 bits per heavy atom. The third kappa shape index (κ3) is 4.58. The number of nitrogens with zero attached hydrogens (tertiary/aromatic N) is 1. The minimum Gasteiger partial charge on any atom is -0.381 e. The second-order valence-corrected chi connectivity index (χ2v) is 6.32. The Hall–Kier alpha value is -1.84. The van der Waals surface area contributed by atoms with Crippen molar-refractivity contribution in [3.63, 3.8) is 0 Å². The van der Waals surface area contributed by atoms with Gasteiger partial charge in [-0.1, -0.05) is 6.07 Å². The summed E-state index contributed by atoms with van der Waals surface area (Å²) in [7, 11) is 0. The number of hydrogen-bond donors (Lipinski definition) is 1. The number of carbonyl (C=O) groups excluding carboxylic acids is 2. The largest absolute Gasteiger partial charge is 0.381 e. The third-order valence-electron chi connectivity index (χ3n) is 4.34. The number of aryl methyl sites for hydroxylation is 2. The zero-order valence-electron chi connectivity index (χ0n) is 13.8. The summed E-state index contributed by atoms with van der Waals surface area (Å²) < 4.78 is 0. The maximum atomic E-state index is 12.1. The van der Waals surface area contributed by atoms with E-state index in [-0.39, 0.29) is 17.7 Å². The fourth-order valence-electron chi connectivity index (χ4n) is 2.83. The highest BCUT2D eigenvalue weighted by molar-refractivity contribution is 5.83. The predicted octanol–water partition coefficient (Wildman–Crippen LogP) is 3.08. The molecule has 1 aliphatic heterocycles. The van der Waals surface area contributed by atoms with Crippen LogP contribution in [0.4, 0.5) is 5.69 Å². The Labute approximate surface area is 132 Å². The van der Waals surface area contributed by atoms with Gasteiger partial charge in [-0.05, 0) is 56.9 Å². The molecular formula is C18H26N2O2. The molecule has 0 unspecified atom stereocenters. The van der Waals surface area contributed by atoms with Crippen molar-refractivity contribution >= 4 is 17.4 Å². The first-order valence-corrected chi connectivity index (χ1v) is 8.06. The molecule has 120 valence electrons. The number of ketones is 1. The van der Waals surface area contributed by atoms with E-state index >= 15 is 0 Å². The molecule has 1 heterocycles. The van der Waals surface area contributed by atoms with Gasteiger partial charge in [-0.25, -0.2) is 0 Å². The summed E-state index contributed by atoms with van der Waals surface area (Å²) in [6.07, 6.45) is 2.77. The summed E-state index contributed by atoms with van der Waals surface area (Å²) in [5.74, 6) is 0.178. The van der Waals surface area contributed by atoms with E-state index in [1.165, 1.54) is 18.1 Å². The normalized spacial score (nSPS) is 18.1. The summed E-state index contributed by atoms with van der Waals surface area (Å²) >= 11 is 0. The van der Waals surface area contributed by atoms with Crippen LogP contribution in [0.2, 0.25) is 0 Å². The van der Waals surface area contributed by atoms with Crippen molar-refractivity contribution in [1.29, 1.82) is 0 Å². The molecule has 4 nitrogen and oxygen atoms in total. The lowest BCUT2D eigenvalue weighted by Crippen LogP contribution is -2.45. The number of nitrogens with one attached hydrogen (secondary N) is 1. The molecule has 22 heavy (non-hydrogen) atoms. The molecule has 1 N–H and O–H groups in total. The van der Waals surface area contributed by atoms with E-state index in [1.54, 1.807) is 0 Å². The van der Waals surface area contributed by atoms with Crippen molar-refractivity contribution in [3.05, 3.63) is 29.3 Å². The van der Waals surface area contributed by atoms with Crippen molar-refractivity contribution in [2.24, 2.45) is 0 Å². The molecule has 0 spiro atoms. The SMILES string of the molecule is CC(=O)CCC(=O)N1CCC[C@@H](Nc2ccc(C)c(C)c2)C1. The van der Waals surface area contributed by atoms with Crippen molar-refractivity contribution in [2.75, 3.05) is 18.4 Å². The van der Waals surface area contributed by atoms with Crippen molar-refractivity contribution < 1.29 is 9.59 Å². The molecule has 4 heteroatoms. The van der Waals surface area contributed by atoms with Gasteiger partial charge in [-0.3, -0.25) is 4.79 Å². The Bertz CT molecular complexity index is 554. The lowest BCUT2D eigenvalue weighted by Gasteiger charge is -2.34. The Balaban J connectivity index is 1.91. The smallest absolute Gasteiger partial charge is 0.223 e. The van der Waals surface area contributed by atoms with Gasteiger partial charge in [0.25, 0.3) is 0 Å². The number of anilines is 1. The molecule has 1 amide bonds. The van der Waals surface area contributed by atoms with Crippen LogP contribution in [0, 0.1) is 13.8 Å². The fraction of sp³-hybridized carbons (Fsp3) is 0.556. The fourth-order valence-corrected chi connectivity index (χ4v) is 2.83. The van der Waals surface area contributed by atoms with Crippen molar-refractivity contribution in [3.8, 4) is 0 Å². The molecule has 0 bridgehead atoms. The topological polar surface area (TPSA) is 49.4 Å². The first-order chi connectivity index (χ1) is 10.5. The van der Waals surface area contributed by atoms with Crippen LogP contribution in [0.5, 0.6) is 0 Å². The number of likely N-dealkylation sites (tertiary alicyclic amines) is 1. The molecule has 1 aromatic carbocycles. The summed E-state index contributed by atoms with van der Waals surface area (Å²) in [5, 5.41) is 3.54. The van der Waals surface area contributed by atoms with Gasteiger partial charge in [0, 0.05) is 37.7 Å². The van der Waals surface area contributed by atoms with E-state index < -0.39 is 0 Å². The Morgan fingerprint density at radius 3 is 2.68 bits per heavy atom. The van der Waals surface area contributed by atoms with Crippen LogP contribution in [-0.2, 0) is 9.59 Å². The molecule has 1 aromatic rings. The number of hydrogen-bond acceptors (Lipinski definition) is 3. The number of carbonyl (C=O) groups is 2. The molecule has 0 radical (unpaired) electrons. The van der Waals surface area contributed by atoms with Crippen molar-refractivity contribution in [1.82, 2.24) is 4.90 Å². The summed E-state index contributed by atoms with van der Waals surface area (Å²) in [5.41, 5.74) is 3.68. The first-order valence-electron chi connectivity index (χ1n) is 8.06. The van der Waals surface area contributed by atoms with Gasteiger partial charge in [-0.15, -0.1) is 0 Å². The number of amides is 1. The van der Waals surface area contributed by atoms with Gasteiger partial charge in [0.1, 0.15) is 5.78 Å². The summed E-state index contributed by atoms with van der Waals surface area (Å²) in [4.78, 5) is 25.1. The Morgan fingerprint density at radius 2 is 2.00 bits per heavy atom. The average Bonchev–Trinajstić information content (AvgIpc) is 2.49. The predicted molar refractivity (Wildman–Crippen MR) is 89.1 cm³/mol. The number of piperidine rings is 1. The van der Waals surface area contributed by atoms with Crippen LogP contribution in [-0.4, -0.2) is 35.7 Å². The lowest BCUT2D eigenvalue weighted by atomic mass is 10.0. The minimum atomic E-state index is 0.0789. The van der Waals surface area contributed by atoms with Crippen LogP contribution >= 0.6 is 0 Å². The number of rotatable bonds is 5. The van der Waals surface area contributed by atoms with Crippen molar-refractivity contribution in [2.45, 2.75) is 52.5 Å². The van der Waals surface area contributed by atoms with Gasteiger partial charge in [0.2, 0.25) is 5.91 Å². The minimum absolute atomic E-state index is 0.0789. The van der Waals surface area contributed by atoms with E-state index in [9.17, 15) is 9.59 Å². The van der Waals surface area contributed by atoms with Crippen LogP contribution < -0.4 is 5.32 Å². The highest BCUT2D eigenvalue weighted by atomic mass is 16.2. The van der Waals surface area contributed by atoms with Crippen LogP contribution in [0.3, 0.4) is 0 Å². The lowest BCUT2D eigenvalue weighted by molar-refractivity contribution is -0.133. The van der Waals surface area contributed by atoms with E-state index in [0.717, 1.165) is 31.6 Å². The zero-order chi connectivity index (χ0) is 16.1. The molecule has 1 aliphatic rings. The van der Waals surface area contributed by atoms with Gasteiger partial charge < -0.3 is 15.0 Å². The molecule has 1 atom stereocenters. The van der Waals surface area contributed by atoms with E-state index in [4.69, 9.17) is 0 Å². The maximum absolute atomic E-state index is 12.1. The summed E-state index contributed by atoms with van der Waals surface area (Å²) in [6.45, 7) is 7.28. The van der Waals surface area contributed by atoms with Gasteiger partial charge in [-0.2, -0.15) is 0 Å². The summed E-state index contributed by atoms with van der Waals surface area (Å²) in [6, 6.07) is 6.66. The highest BCUT2D eigenvalue weighted by Gasteiger charge is 2.23. The highest BCUT2D eigenvalue weighted by Crippen LogP contribution is 2.19. The number of Topliss-reactive ketones (excluding diaryl/α,β-unsaturated/α-hetero) is 1. The van der Waals surface area contributed by atoms with Crippen LogP contribution in [0.15, 0.2) is 18.2 Å². The van der Waals surface area contributed by atoms with E-state index in [1.807, 2.05) is 4.90 Å². The molecule has 1 saturated heterocycles. The van der Waals surface area contributed by atoms with Crippen LogP contribution in [0.1, 0.15) is 43.7 Å². The van der Waals surface area contributed by atoms with Gasteiger partial charge >= 0.3 is 0 Å². The maximum Gasteiger partial charge on any atom is 0.223 e. The second-order valence-electron chi connectivity index (χ2n) is 6.32. The molecule has 2 rings (SSSR count). The number of benzene rings is 1. The van der Waals surface area contributed by atoms with Gasteiger partial charge in [0.15, 0.2) is 0 Å². The monoisotopic (exact) mass is 302 g/mol. The standard InChI is InChI=1S/C18H26N2O2/c1-13-6-8-16(11-14(13)2)19-17-5-4-10-20(12-17)18(22)9-7-15(3)21/h6,8,11,17,19H,4-5,7,9-10,12H2,1-3H3/t17-/m1/s1. The first kappa shape index (κ1) is 16.5. The van der Waals surface area contributed by atoms with Gasteiger partial charge in [0.05, 0.1) is 0 Å². The molecule has 0 aromatic heterocycles. The average molecular weight is 302 g/mol. The second kappa shape index (κ2) is 7.43. The molecule has 1 fully saturated rings. The van der Waals surface area contributed by atoms with E-state index in [0.29, 0.717) is 12.8 Å². The zero-order valence-corrected chi connectivity index (χ0v) is 13.8. The quantitative estimate of drug-likeness (QED) is 0.909. The van der Waals surface area contributed by atoms with E-state index in [2.05, 4.69) is 37.4 Å². The van der Waals surface area contributed by atoms with Crippen LogP contribution in [0.25, 0.3) is 0 Å². The third-order valence-corrected chi connectivity index (χ3v) is 4.34. The molecule has 0 aliphatic carbocycles. The molecule has 0 saturated carbocycles.